The number of amides is 1. The van der Waals surface area contributed by atoms with Gasteiger partial charge < -0.3 is 15.7 Å². The van der Waals surface area contributed by atoms with Crippen LogP contribution in [0.3, 0.4) is 0 Å². The molecule has 1 aromatic rings. The fraction of sp³-hybridized carbons (Fsp3) is 0.417. The van der Waals surface area contributed by atoms with Crippen molar-refractivity contribution in [3.05, 3.63) is 29.8 Å². The van der Waals surface area contributed by atoms with E-state index in [0.717, 1.165) is 19.4 Å². The predicted octanol–water partition coefficient (Wildman–Crippen LogP) is 0.955. The van der Waals surface area contributed by atoms with Crippen molar-refractivity contribution in [2.24, 2.45) is 5.73 Å². The molecule has 3 N–H and O–H groups in total. The smallest absolute Gasteiger partial charge is 0.254 e. The van der Waals surface area contributed by atoms with Crippen molar-refractivity contribution < 1.29 is 9.90 Å². The minimum atomic E-state index is -0.0500. The third kappa shape index (κ3) is 2.33. The van der Waals surface area contributed by atoms with Crippen LogP contribution in [-0.2, 0) is 0 Å². The van der Waals surface area contributed by atoms with Gasteiger partial charge in [0.05, 0.1) is 0 Å². The largest absolute Gasteiger partial charge is 0.508 e. The van der Waals surface area contributed by atoms with Crippen molar-refractivity contribution in [2.75, 3.05) is 13.1 Å². The van der Waals surface area contributed by atoms with E-state index in [-0.39, 0.29) is 17.7 Å². The number of aromatic hydroxyl groups is 1. The second-order valence-electron chi connectivity index (χ2n) is 4.20. The number of carbonyl (C=O) groups excluding carboxylic acids is 1. The molecule has 0 saturated carbocycles. The van der Waals surface area contributed by atoms with Crippen LogP contribution < -0.4 is 5.73 Å². The average Bonchev–Trinajstić information content (AvgIpc) is 2.28. The van der Waals surface area contributed by atoms with Gasteiger partial charge in [0.25, 0.3) is 5.91 Å². The van der Waals surface area contributed by atoms with Crippen LogP contribution in [0.2, 0.25) is 0 Å². The quantitative estimate of drug-likeness (QED) is 0.740. The van der Waals surface area contributed by atoms with Crippen LogP contribution in [0, 0.1) is 0 Å². The summed E-state index contributed by atoms with van der Waals surface area (Å²) in [5, 5.41) is 9.32. The molecule has 4 nitrogen and oxygen atoms in total. The van der Waals surface area contributed by atoms with Gasteiger partial charge in [-0.1, -0.05) is 6.07 Å². The lowest BCUT2D eigenvalue weighted by molar-refractivity contribution is 0.0708. The minimum Gasteiger partial charge on any atom is -0.508 e. The molecule has 1 saturated heterocycles. The third-order valence-corrected chi connectivity index (χ3v) is 2.84. The lowest BCUT2D eigenvalue weighted by atomic mass is 10.1. The summed E-state index contributed by atoms with van der Waals surface area (Å²) in [6.45, 7) is 1.36. The van der Waals surface area contributed by atoms with Crippen LogP contribution >= 0.6 is 0 Å². The Balaban J connectivity index is 2.12. The first-order chi connectivity index (χ1) is 7.66. The van der Waals surface area contributed by atoms with Crippen LogP contribution in [0.4, 0.5) is 0 Å². The Kier molecular flexibility index (Phi) is 3.10. The zero-order valence-corrected chi connectivity index (χ0v) is 9.10. The van der Waals surface area contributed by atoms with E-state index >= 15 is 0 Å². The van der Waals surface area contributed by atoms with Gasteiger partial charge in [0.1, 0.15) is 5.75 Å². The molecule has 2 rings (SSSR count). The highest BCUT2D eigenvalue weighted by atomic mass is 16.3. The summed E-state index contributed by atoms with van der Waals surface area (Å²) in [6, 6.07) is 6.51. The van der Waals surface area contributed by atoms with Crippen LogP contribution in [0.15, 0.2) is 24.3 Å². The summed E-state index contributed by atoms with van der Waals surface area (Å²) in [7, 11) is 0. The predicted molar refractivity (Wildman–Crippen MR) is 61.2 cm³/mol. The molecule has 16 heavy (non-hydrogen) atoms. The van der Waals surface area contributed by atoms with Gasteiger partial charge in [-0.05, 0) is 31.0 Å². The van der Waals surface area contributed by atoms with Gasteiger partial charge in [0.2, 0.25) is 0 Å². The Hall–Kier alpha value is -1.55. The van der Waals surface area contributed by atoms with Crippen molar-refractivity contribution >= 4 is 5.91 Å². The maximum absolute atomic E-state index is 12.1. The lowest BCUT2D eigenvalue weighted by Crippen LogP contribution is -2.45. The fourth-order valence-electron chi connectivity index (χ4n) is 2.02. The molecule has 1 aliphatic rings. The van der Waals surface area contributed by atoms with Gasteiger partial charge in [-0.3, -0.25) is 4.79 Å². The molecule has 1 aromatic carbocycles. The van der Waals surface area contributed by atoms with Gasteiger partial charge in [0.15, 0.2) is 0 Å². The number of hydrogen-bond acceptors (Lipinski definition) is 3. The minimum absolute atomic E-state index is 0.0500. The SMILES string of the molecule is NC1CCCN(C(=O)c2cccc(O)c2)C1. The fourth-order valence-corrected chi connectivity index (χ4v) is 2.02. The van der Waals surface area contributed by atoms with E-state index < -0.39 is 0 Å². The number of rotatable bonds is 1. The Morgan fingerprint density at radius 3 is 3.00 bits per heavy atom. The first-order valence-corrected chi connectivity index (χ1v) is 5.50. The van der Waals surface area contributed by atoms with Crippen LogP contribution in [-0.4, -0.2) is 35.0 Å². The number of nitrogens with two attached hydrogens (primary N) is 1. The number of likely N-dealkylation sites (tertiary alicyclic amines) is 1. The van der Waals surface area contributed by atoms with Gasteiger partial charge in [-0.15, -0.1) is 0 Å². The van der Waals surface area contributed by atoms with Gasteiger partial charge in [0, 0.05) is 24.7 Å². The van der Waals surface area contributed by atoms with E-state index in [9.17, 15) is 9.90 Å². The summed E-state index contributed by atoms with van der Waals surface area (Å²) in [5.41, 5.74) is 6.35. The molecular weight excluding hydrogens is 204 g/mol. The Morgan fingerprint density at radius 2 is 2.31 bits per heavy atom. The highest BCUT2D eigenvalue weighted by Gasteiger charge is 2.22. The molecular formula is C12H16N2O2. The summed E-state index contributed by atoms with van der Waals surface area (Å²) in [4.78, 5) is 13.8. The highest BCUT2D eigenvalue weighted by Crippen LogP contribution is 2.16. The molecule has 0 aromatic heterocycles. The van der Waals surface area contributed by atoms with Gasteiger partial charge in [-0.2, -0.15) is 0 Å². The summed E-state index contributed by atoms with van der Waals surface area (Å²) >= 11 is 0. The number of hydrogen-bond donors (Lipinski definition) is 2. The lowest BCUT2D eigenvalue weighted by Gasteiger charge is -2.30. The molecule has 1 heterocycles. The number of piperidine rings is 1. The molecule has 1 aliphatic heterocycles. The molecule has 4 heteroatoms. The molecule has 1 amide bonds. The number of nitrogens with zero attached hydrogens (tertiary/aromatic N) is 1. The monoisotopic (exact) mass is 220 g/mol. The van der Waals surface area contributed by atoms with E-state index in [1.165, 1.54) is 6.07 Å². The third-order valence-electron chi connectivity index (χ3n) is 2.84. The second-order valence-corrected chi connectivity index (χ2v) is 4.20. The maximum atomic E-state index is 12.1. The summed E-state index contributed by atoms with van der Waals surface area (Å²) < 4.78 is 0. The molecule has 1 unspecified atom stereocenters. The van der Waals surface area contributed by atoms with Gasteiger partial charge in [-0.25, -0.2) is 0 Å². The van der Waals surface area contributed by atoms with E-state index in [1.54, 1.807) is 23.1 Å². The average molecular weight is 220 g/mol. The molecule has 0 radical (unpaired) electrons. The van der Waals surface area contributed by atoms with Crippen LogP contribution in [0.5, 0.6) is 5.75 Å². The summed E-state index contributed by atoms with van der Waals surface area (Å²) in [6.07, 6.45) is 1.93. The Bertz CT molecular complexity index is 392. The normalized spacial score (nSPS) is 20.8. The highest BCUT2D eigenvalue weighted by molar-refractivity contribution is 5.94. The van der Waals surface area contributed by atoms with E-state index in [4.69, 9.17) is 5.73 Å². The molecule has 0 bridgehead atoms. The molecule has 86 valence electrons. The standard InChI is InChI=1S/C12H16N2O2/c13-10-4-2-6-14(8-10)12(16)9-3-1-5-11(15)7-9/h1,3,5,7,10,15H,2,4,6,8,13H2. The summed E-state index contributed by atoms with van der Waals surface area (Å²) in [5.74, 6) is 0.0678. The van der Waals surface area contributed by atoms with E-state index in [1.807, 2.05) is 0 Å². The zero-order valence-electron chi connectivity index (χ0n) is 9.10. The molecule has 1 fully saturated rings. The molecule has 0 spiro atoms. The topological polar surface area (TPSA) is 66.6 Å². The number of phenols is 1. The van der Waals surface area contributed by atoms with Crippen LogP contribution in [0.1, 0.15) is 23.2 Å². The first-order valence-electron chi connectivity index (χ1n) is 5.50. The number of carbonyl (C=O) groups is 1. The second kappa shape index (κ2) is 4.53. The Morgan fingerprint density at radius 1 is 1.50 bits per heavy atom. The van der Waals surface area contributed by atoms with E-state index in [2.05, 4.69) is 0 Å². The van der Waals surface area contributed by atoms with Crippen molar-refractivity contribution in [3.63, 3.8) is 0 Å². The number of phenolic OH excluding ortho intramolecular Hbond substituents is 1. The van der Waals surface area contributed by atoms with E-state index in [0.29, 0.717) is 12.1 Å². The molecule has 1 atom stereocenters. The van der Waals surface area contributed by atoms with Crippen molar-refractivity contribution in [1.29, 1.82) is 0 Å². The van der Waals surface area contributed by atoms with Gasteiger partial charge >= 0.3 is 0 Å². The van der Waals surface area contributed by atoms with Crippen molar-refractivity contribution in [3.8, 4) is 5.75 Å². The number of benzene rings is 1. The van der Waals surface area contributed by atoms with Crippen molar-refractivity contribution in [1.82, 2.24) is 4.90 Å². The maximum Gasteiger partial charge on any atom is 0.254 e. The zero-order chi connectivity index (χ0) is 11.5. The Labute approximate surface area is 94.7 Å². The van der Waals surface area contributed by atoms with Crippen molar-refractivity contribution in [2.45, 2.75) is 18.9 Å². The molecule has 0 aliphatic carbocycles. The first kappa shape index (κ1) is 11.0. The van der Waals surface area contributed by atoms with Crippen LogP contribution in [0.25, 0.3) is 0 Å².